The monoisotopic (exact) mass is 440 g/mol. The van der Waals surface area contributed by atoms with Crippen LogP contribution in [0, 0.1) is 0 Å². The van der Waals surface area contributed by atoms with Gasteiger partial charge in [-0.1, -0.05) is 95.4 Å². The minimum absolute atomic E-state index is 0.126. The molecule has 0 heterocycles. The molecule has 0 aliphatic heterocycles. The highest BCUT2D eigenvalue weighted by Crippen LogP contribution is 2.53. The van der Waals surface area contributed by atoms with Crippen LogP contribution >= 0.6 is 23.5 Å². The molecule has 28 heavy (non-hydrogen) atoms. The molecule has 0 unspecified atom stereocenters. The van der Waals surface area contributed by atoms with Gasteiger partial charge in [-0.2, -0.15) is 17.6 Å². The topological polar surface area (TPSA) is 54.4 Å². The van der Waals surface area contributed by atoms with Crippen LogP contribution in [0.2, 0.25) is 0 Å². The number of thioether (sulfide) groups is 2. The lowest BCUT2D eigenvalue weighted by Gasteiger charge is -2.40. The highest BCUT2D eigenvalue weighted by Gasteiger charge is 2.75. The van der Waals surface area contributed by atoms with Gasteiger partial charge >= 0.3 is 11.8 Å². The molecule has 9 heteroatoms. The van der Waals surface area contributed by atoms with Crippen LogP contribution in [0.25, 0.3) is 0 Å². The molecule has 0 spiro atoms. The van der Waals surface area contributed by atoms with E-state index in [1.807, 2.05) is 0 Å². The summed E-state index contributed by atoms with van der Waals surface area (Å²) in [6, 6.07) is 5.37. The van der Waals surface area contributed by atoms with E-state index in [2.05, 4.69) is 0 Å². The number of benzene rings is 1. The van der Waals surface area contributed by atoms with E-state index in [0.717, 1.165) is 24.3 Å². The Balaban J connectivity index is 3.63. The quantitative estimate of drug-likeness (QED) is 0.633. The fourth-order valence-corrected chi connectivity index (χ4v) is 3.88. The van der Waals surface area contributed by atoms with Crippen molar-refractivity contribution >= 4 is 33.8 Å². The zero-order chi connectivity index (χ0) is 22.2. The van der Waals surface area contributed by atoms with Crippen molar-refractivity contribution < 1.29 is 32.3 Å². The summed E-state index contributed by atoms with van der Waals surface area (Å²) in [5.41, 5.74) is -5.26. The van der Waals surface area contributed by atoms with E-state index >= 15 is 17.6 Å². The number of carbonyl (C=O) groups excluding carboxylic acids is 2. The van der Waals surface area contributed by atoms with Gasteiger partial charge in [-0.25, -0.2) is 0 Å². The van der Waals surface area contributed by atoms with Crippen LogP contribution in [-0.2, 0) is 15.2 Å². The summed E-state index contributed by atoms with van der Waals surface area (Å²) in [6.45, 7) is 8.70. The zero-order valence-corrected chi connectivity index (χ0v) is 18.1. The second-order valence-electron chi connectivity index (χ2n) is 8.23. The Bertz CT molecular complexity index is 683. The fraction of sp³-hybridized carbons (Fsp3) is 0.579. The van der Waals surface area contributed by atoms with Gasteiger partial charge in [0.2, 0.25) is 5.60 Å². The molecule has 0 saturated heterocycles. The van der Waals surface area contributed by atoms with Crippen molar-refractivity contribution in [3.63, 3.8) is 0 Å². The Morgan fingerprint density at radius 2 is 1.07 bits per heavy atom. The van der Waals surface area contributed by atoms with E-state index in [9.17, 15) is 14.7 Å². The highest BCUT2D eigenvalue weighted by molar-refractivity contribution is 8.15. The molecule has 0 aromatic heterocycles. The van der Waals surface area contributed by atoms with Gasteiger partial charge in [0.1, 0.15) is 0 Å². The molecule has 0 aliphatic rings. The predicted molar refractivity (Wildman–Crippen MR) is 105 cm³/mol. The first-order chi connectivity index (χ1) is 12.4. The van der Waals surface area contributed by atoms with Crippen LogP contribution in [0.5, 0.6) is 0 Å². The summed E-state index contributed by atoms with van der Waals surface area (Å²) in [5.74, 6) is -9.88. The molecule has 1 aromatic rings. The van der Waals surface area contributed by atoms with Gasteiger partial charge in [-0.05, 0) is 5.56 Å². The molecule has 0 aliphatic carbocycles. The number of alkyl halides is 4. The maximum atomic E-state index is 15.1. The van der Waals surface area contributed by atoms with Crippen molar-refractivity contribution in [2.45, 2.75) is 68.5 Å². The van der Waals surface area contributed by atoms with E-state index in [4.69, 9.17) is 0 Å². The summed E-state index contributed by atoms with van der Waals surface area (Å²) in [4.78, 5) is 24.5. The average molecular weight is 441 g/mol. The smallest absolute Gasteiger partial charge is 0.353 e. The van der Waals surface area contributed by atoms with Crippen molar-refractivity contribution in [3.05, 3.63) is 35.9 Å². The Labute approximate surface area is 170 Å². The van der Waals surface area contributed by atoms with Crippen LogP contribution < -0.4 is 0 Å². The molecule has 0 fully saturated rings. The molecule has 1 rings (SSSR count). The maximum Gasteiger partial charge on any atom is 0.353 e. The SMILES string of the molecule is CC(C)(C)SC(=O)C(F)(F)C(O)(c1ccccc1)C(F)(F)C(=O)SC(C)(C)C. The lowest BCUT2D eigenvalue weighted by Crippen LogP contribution is -2.63. The van der Waals surface area contributed by atoms with E-state index < -0.39 is 42.7 Å². The van der Waals surface area contributed by atoms with Gasteiger partial charge in [-0.3, -0.25) is 9.59 Å². The molecular weight excluding hydrogens is 416 g/mol. The Morgan fingerprint density at radius 3 is 1.36 bits per heavy atom. The van der Waals surface area contributed by atoms with Gasteiger partial charge in [0, 0.05) is 9.49 Å². The van der Waals surface area contributed by atoms with Crippen molar-refractivity contribution in [1.29, 1.82) is 0 Å². The fourth-order valence-electron chi connectivity index (χ4n) is 2.22. The molecule has 3 nitrogen and oxygen atoms in total. The van der Waals surface area contributed by atoms with Gasteiger partial charge < -0.3 is 5.11 Å². The lowest BCUT2D eigenvalue weighted by molar-refractivity contribution is -0.264. The van der Waals surface area contributed by atoms with Gasteiger partial charge in [0.25, 0.3) is 10.2 Å². The van der Waals surface area contributed by atoms with Crippen molar-refractivity contribution in [2.75, 3.05) is 0 Å². The van der Waals surface area contributed by atoms with E-state index in [-0.39, 0.29) is 23.5 Å². The average Bonchev–Trinajstić information content (AvgIpc) is 2.51. The first kappa shape index (κ1) is 25.0. The molecule has 1 N–H and O–H groups in total. The Kier molecular flexibility index (Phi) is 7.13. The predicted octanol–water partition coefficient (Wildman–Crippen LogP) is 5.26. The standard InChI is InChI=1S/C19H24F4O3S2/c1-15(2,3)27-13(24)18(20,21)17(26,12-10-8-7-9-11-12)19(22,23)14(25)28-16(4,5)6/h7-11,26H,1-6H3. The maximum absolute atomic E-state index is 15.1. The molecule has 0 radical (unpaired) electrons. The summed E-state index contributed by atoms with van der Waals surface area (Å²) in [6.07, 6.45) is 0. The molecule has 1 aromatic carbocycles. The minimum atomic E-state index is -4.94. The first-order valence-electron chi connectivity index (χ1n) is 8.36. The molecule has 0 bridgehead atoms. The van der Waals surface area contributed by atoms with Crippen LogP contribution in [0.1, 0.15) is 47.1 Å². The zero-order valence-electron chi connectivity index (χ0n) is 16.5. The Morgan fingerprint density at radius 1 is 0.750 bits per heavy atom. The van der Waals surface area contributed by atoms with Gasteiger partial charge in [0.15, 0.2) is 0 Å². The third-order valence-corrected chi connectivity index (χ3v) is 5.52. The van der Waals surface area contributed by atoms with Crippen molar-refractivity contribution in [1.82, 2.24) is 0 Å². The van der Waals surface area contributed by atoms with Crippen LogP contribution in [0.15, 0.2) is 30.3 Å². The second-order valence-corrected chi connectivity index (χ2v) is 11.8. The van der Waals surface area contributed by atoms with Crippen LogP contribution in [0.3, 0.4) is 0 Å². The number of carbonyl (C=O) groups is 2. The van der Waals surface area contributed by atoms with Crippen LogP contribution in [0.4, 0.5) is 17.6 Å². The van der Waals surface area contributed by atoms with Crippen molar-refractivity contribution in [2.24, 2.45) is 0 Å². The number of aliphatic hydroxyl groups is 1. The van der Waals surface area contributed by atoms with E-state index in [1.165, 1.54) is 47.6 Å². The molecule has 0 atom stereocenters. The van der Waals surface area contributed by atoms with Gasteiger partial charge in [0.05, 0.1) is 0 Å². The van der Waals surface area contributed by atoms with E-state index in [0.29, 0.717) is 0 Å². The second kappa shape index (κ2) is 7.99. The summed E-state index contributed by atoms with van der Waals surface area (Å²) in [7, 11) is 0. The first-order valence-corrected chi connectivity index (χ1v) is 10.00. The van der Waals surface area contributed by atoms with Crippen molar-refractivity contribution in [3.8, 4) is 0 Å². The summed E-state index contributed by atoms with van der Waals surface area (Å²) in [5, 5.41) is 6.81. The molecular formula is C19H24F4O3S2. The third kappa shape index (κ3) is 5.10. The number of halogens is 4. The van der Waals surface area contributed by atoms with E-state index in [1.54, 1.807) is 0 Å². The third-order valence-electron chi connectivity index (χ3n) is 3.41. The van der Waals surface area contributed by atoms with Gasteiger partial charge in [-0.15, -0.1) is 0 Å². The molecule has 0 saturated carbocycles. The minimum Gasteiger partial charge on any atom is -0.373 e. The highest BCUT2D eigenvalue weighted by atomic mass is 32.2. The lowest BCUT2D eigenvalue weighted by atomic mass is 9.82. The molecule has 0 amide bonds. The van der Waals surface area contributed by atoms with Crippen LogP contribution in [-0.4, -0.2) is 36.7 Å². The number of rotatable bonds is 5. The normalized spacial score (nSPS) is 14.1. The number of hydrogen-bond donors (Lipinski definition) is 1. The molecule has 158 valence electrons. The Hall–Kier alpha value is -1.06. The largest absolute Gasteiger partial charge is 0.373 e. The summed E-state index contributed by atoms with van der Waals surface area (Å²) < 4.78 is 58.4. The number of hydrogen-bond acceptors (Lipinski definition) is 5. The summed E-state index contributed by atoms with van der Waals surface area (Å²) >= 11 is 0.252.